The second kappa shape index (κ2) is 5.26. The van der Waals surface area contributed by atoms with Gasteiger partial charge in [0.25, 0.3) is 5.91 Å². The molecule has 4 aromatic rings. The second-order valence-corrected chi connectivity index (χ2v) is 6.50. The number of nitrogen functional groups attached to an aromatic ring is 1. The molecular formula is C19H19N5O2. The quantitative estimate of drug-likeness (QED) is 0.516. The Labute approximate surface area is 149 Å². The number of carbonyl (C=O) groups excluding carboxylic acids is 1. The normalized spacial score (nSPS) is 11.5. The number of pyridine rings is 1. The third kappa shape index (κ3) is 1.94. The summed E-state index contributed by atoms with van der Waals surface area (Å²) in [5.41, 5.74) is 16.8. The monoisotopic (exact) mass is 349 g/mol. The summed E-state index contributed by atoms with van der Waals surface area (Å²) in [6.07, 6.45) is 3.55. The first kappa shape index (κ1) is 16.0. The van der Waals surface area contributed by atoms with Crippen LogP contribution in [0.25, 0.3) is 22.2 Å². The third-order valence-electron chi connectivity index (χ3n) is 4.91. The minimum Gasteiger partial charge on any atom is -0.508 e. The summed E-state index contributed by atoms with van der Waals surface area (Å²) in [4.78, 5) is 16.6. The van der Waals surface area contributed by atoms with Gasteiger partial charge < -0.3 is 21.0 Å². The van der Waals surface area contributed by atoms with Crippen molar-refractivity contribution in [2.75, 3.05) is 5.73 Å². The average Bonchev–Trinajstić information content (AvgIpc) is 3.15. The number of nitrogens with two attached hydrogens (primary N) is 2. The first-order valence-corrected chi connectivity index (χ1v) is 8.18. The molecule has 1 aromatic carbocycles. The summed E-state index contributed by atoms with van der Waals surface area (Å²) in [5, 5.41) is 10.9. The van der Waals surface area contributed by atoms with Crippen LogP contribution < -0.4 is 11.5 Å². The SMILES string of the molecule is Cc1ccc(O)c(C)c1-n1c(N)c(C(N)=O)c2cc(C)n3ccnc3c21. The van der Waals surface area contributed by atoms with E-state index in [1.54, 1.807) is 16.8 Å². The topological polar surface area (TPSA) is 112 Å². The van der Waals surface area contributed by atoms with Gasteiger partial charge in [-0.2, -0.15) is 0 Å². The molecule has 0 radical (unpaired) electrons. The number of phenols is 1. The smallest absolute Gasteiger partial charge is 0.253 e. The number of nitrogens with zero attached hydrogens (tertiary/aromatic N) is 3. The first-order chi connectivity index (χ1) is 12.3. The van der Waals surface area contributed by atoms with Crippen molar-refractivity contribution in [3.05, 3.63) is 53.0 Å². The van der Waals surface area contributed by atoms with Gasteiger partial charge in [0.2, 0.25) is 0 Å². The number of amides is 1. The Bertz CT molecular complexity index is 1220. The molecule has 1 amide bonds. The number of aromatic hydroxyl groups is 1. The molecule has 0 aliphatic heterocycles. The lowest BCUT2D eigenvalue weighted by atomic mass is 10.1. The Morgan fingerprint density at radius 3 is 2.65 bits per heavy atom. The zero-order chi connectivity index (χ0) is 18.7. The van der Waals surface area contributed by atoms with Crippen molar-refractivity contribution in [2.45, 2.75) is 20.8 Å². The van der Waals surface area contributed by atoms with Gasteiger partial charge in [-0.1, -0.05) is 6.07 Å². The molecule has 26 heavy (non-hydrogen) atoms. The number of aromatic nitrogens is 3. The molecule has 0 aliphatic carbocycles. The van der Waals surface area contributed by atoms with E-state index in [4.69, 9.17) is 11.5 Å². The fourth-order valence-electron chi connectivity index (χ4n) is 3.67. The maximum Gasteiger partial charge on any atom is 0.253 e. The number of imidazole rings is 1. The Kier molecular flexibility index (Phi) is 3.24. The van der Waals surface area contributed by atoms with Gasteiger partial charge in [-0.25, -0.2) is 4.98 Å². The van der Waals surface area contributed by atoms with Crippen molar-refractivity contribution in [2.24, 2.45) is 5.73 Å². The van der Waals surface area contributed by atoms with Gasteiger partial charge in [0.1, 0.15) is 11.6 Å². The van der Waals surface area contributed by atoms with Crippen molar-refractivity contribution in [3.8, 4) is 11.4 Å². The molecule has 132 valence electrons. The number of aryl methyl sites for hydroxylation is 2. The first-order valence-electron chi connectivity index (χ1n) is 8.18. The van der Waals surface area contributed by atoms with Crippen molar-refractivity contribution in [3.63, 3.8) is 0 Å². The van der Waals surface area contributed by atoms with E-state index in [2.05, 4.69) is 4.98 Å². The van der Waals surface area contributed by atoms with E-state index < -0.39 is 5.91 Å². The fraction of sp³-hybridized carbons (Fsp3) is 0.158. The number of hydrogen-bond donors (Lipinski definition) is 3. The largest absolute Gasteiger partial charge is 0.508 e. The van der Waals surface area contributed by atoms with Crippen LogP contribution >= 0.6 is 0 Å². The molecule has 0 atom stereocenters. The van der Waals surface area contributed by atoms with Crippen LogP contribution in [-0.2, 0) is 0 Å². The minimum absolute atomic E-state index is 0.152. The van der Waals surface area contributed by atoms with Crippen LogP contribution in [0.3, 0.4) is 0 Å². The van der Waals surface area contributed by atoms with Gasteiger partial charge in [0, 0.05) is 29.0 Å². The lowest BCUT2D eigenvalue weighted by Gasteiger charge is -2.16. The fourth-order valence-corrected chi connectivity index (χ4v) is 3.67. The summed E-state index contributed by atoms with van der Waals surface area (Å²) in [6, 6.07) is 5.33. The molecule has 5 N–H and O–H groups in total. The predicted molar refractivity (Wildman–Crippen MR) is 101 cm³/mol. The van der Waals surface area contributed by atoms with E-state index in [1.165, 1.54) is 0 Å². The van der Waals surface area contributed by atoms with Gasteiger partial charge >= 0.3 is 0 Å². The summed E-state index contributed by atoms with van der Waals surface area (Å²) >= 11 is 0. The van der Waals surface area contributed by atoms with Crippen LogP contribution in [0.4, 0.5) is 5.82 Å². The number of carbonyl (C=O) groups is 1. The molecule has 0 saturated carbocycles. The van der Waals surface area contributed by atoms with Gasteiger partial charge in [0.15, 0.2) is 5.65 Å². The summed E-state index contributed by atoms with van der Waals surface area (Å²) < 4.78 is 3.69. The second-order valence-electron chi connectivity index (χ2n) is 6.50. The highest BCUT2D eigenvalue weighted by atomic mass is 16.3. The Balaban J connectivity index is 2.31. The van der Waals surface area contributed by atoms with Gasteiger partial charge in [0.05, 0.1) is 16.8 Å². The number of benzene rings is 1. The number of fused-ring (bicyclic) bond motifs is 3. The standard InChI is InChI=1S/C19H19N5O2/c1-9-4-5-13(25)11(3)15(9)24-16-12(14(17(24)20)18(21)26)8-10(2)23-7-6-22-19(16)23/h4-8,25H,20H2,1-3H3,(H2,21,26). The molecule has 0 bridgehead atoms. The zero-order valence-electron chi connectivity index (χ0n) is 14.7. The Morgan fingerprint density at radius 1 is 1.23 bits per heavy atom. The van der Waals surface area contributed by atoms with E-state index in [0.29, 0.717) is 27.8 Å². The van der Waals surface area contributed by atoms with Crippen LogP contribution in [0.1, 0.15) is 27.2 Å². The minimum atomic E-state index is -0.600. The summed E-state index contributed by atoms with van der Waals surface area (Å²) in [5.74, 6) is -0.212. The summed E-state index contributed by atoms with van der Waals surface area (Å²) in [6.45, 7) is 5.66. The third-order valence-corrected chi connectivity index (χ3v) is 4.91. The van der Waals surface area contributed by atoms with Crippen molar-refractivity contribution in [1.82, 2.24) is 14.0 Å². The Morgan fingerprint density at radius 2 is 1.96 bits per heavy atom. The molecule has 7 heteroatoms. The lowest BCUT2D eigenvalue weighted by molar-refractivity contribution is 0.100. The van der Waals surface area contributed by atoms with Crippen LogP contribution in [0.5, 0.6) is 5.75 Å². The van der Waals surface area contributed by atoms with Crippen molar-refractivity contribution < 1.29 is 9.90 Å². The van der Waals surface area contributed by atoms with E-state index in [0.717, 1.165) is 11.3 Å². The van der Waals surface area contributed by atoms with E-state index in [1.807, 2.05) is 43.5 Å². The highest BCUT2D eigenvalue weighted by Crippen LogP contribution is 2.38. The molecule has 0 saturated heterocycles. The predicted octanol–water partition coefficient (Wildman–Crippen LogP) is 2.59. The van der Waals surface area contributed by atoms with Crippen molar-refractivity contribution >= 4 is 28.3 Å². The molecule has 3 aromatic heterocycles. The maximum absolute atomic E-state index is 12.2. The number of hydrogen-bond acceptors (Lipinski definition) is 4. The highest BCUT2D eigenvalue weighted by Gasteiger charge is 2.25. The molecule has 4 rings (SSSR count). The maximum atomic E-state index is 12.2. The molecule has 0 aliphatic rings. The number of primary amides is 1. The lowest BCUT2D eigenvalue weighted by Crippen LogP contribution is -2.14. The van der Waals surface area contributed by atoms with Gasteiger partial charge in [-0.3, -0.25) is 9.36 Å². The summed E-state index contributed by atoms with van der Waals surface area (Å²) in [7, 11) is 0. The van der Waals surface area contributed by atoms with E-state index in [-0.39, 0.29) is 17.1 Å². The molecule has 0 unspecified atom stereocenters. The Hall–Kier alpha value is -3.48. The highest BCUT2D eigenvalue weighted by molar-refractivity contribution is 6.14. The number of anilines is 1. The van der Waals surface area contributed by atoms with Crippen LogP contribution in [0.2, 0.25) is 0 Å². The molecule has 0 fully saturated rings. The van der Waals surface area contributed by atoms with Crippen LogP contribution in [0.15, 0.2) is 30.6 Å². The van der Waals surface area contributed by atoms with E-state index in [9.17, 15) is 9.90 Å². The van der Waals surface area contributed by atoms with Gasteiger partial charge in [-0.15, -0.1) is 0 Å². The number of rotatable bonds is 2. The molecule has 3 heterocycles. The zero-order valence-corrected chi connectivity index (χ0v) is 14.7. The molecule has 7 nitrogen and oxygen atoms in total. The molecular weight excluding hydrogens is 330 g/mol. The number of phenolic OH excluding ortho intramolecular Hbond substituents is 1. The molecule has 0 spiro atoms. The van der Waals surface area contributed by atoms with Crippen LogP contribution in [-0.4, -0.2) is 25.0 Å². The average molecular weight is 349 g/mol. The van der Waals surface area contributed by atoms with Gasteiger partial charge in [-0.05, 0) is 38.5 Å². The van der Waals surface area contributed by atoms with Crippen LogP contribution in [0, 0.1) is 20.8 Å². The van der Waals surface area contributed by atoms with Crippen molar-refractivity contribution in [1.29, 1.82) is 0 Å². The van der Waals surface area contributed by atoms with E-state index >= 15 is 0 Å².